The Morgan fingerprint density at radius 1 is 1.38 bits per heavy atom. The summed E-state index contributed by atoms with van der Waals surface area (Å²) in [5, 5.41) is 0. The molecule has 0 unspecified atom stereocenters. The molecule has 0 atom stereocenters. The first-order valence-corrected chi connectivity index (χ1v) is 4.13. The Morgan fingerprint density at radius 3 is 2.92 bits per heavy atom. The molecule has 2 rings (SSSR count). The Labute approximate surface area is 74.9 Å². The fraction of sp³-hybridized carbons (Fsp3) is 0.222. The normalized spacial score (nSPS) is 10.5. The molecule has 0 saturated heterocycles. The number of pyridine rings is 1. The van der Waals surface area contributed by atoms with Crippen molar-refractivity contribution < 1.29 is 0 Å². The second-order valence-electron chi connectivity index (χ2n) is 2.69. The zero-order valence-corrected chi connectivity index (χ0v) is 7.27. The Bertz CT molecular complexity index is 489. The summed E-state index contributed by atoms with van der Waals surface area (Å²) in [6.07, 6.45) is 4.86. The molecule has 13 heavy (non-hydrogen) atoms. The third kappa shape index (κ3) is 1.20. The Kier molecular flexibility index (Phi) is 1.81. The van der Waals surface area contributed by atoms with Gasteiger partial charge >= 0.3 is 0 Å². The van der Waals surface area contributed by atoms with Crippen LogP contribution in [-0.4, -0.2) is 14.5 Å². The van der Waals surface area contributed by atoms with Crippen molar-refractivity contribution in [2.75, 3.05) is 0 Å². The van der Waals surface area contributed by atoms with Crippen molar-refractivity contribution in [3.8, 4) is 0 Å². The maximum absolute atomic E-state index is 11.3. The van der Waals surface area contributed by atoms with Gasteiger partial charge in [0.15, 0.2) is 11.2 Å². The number of aromatic nitrogens is 3. The molecular formula is C9H9N3O. The third-order valence-corrected chi connectivity index (χ3v) is 1.93. The first kappa shape index (κ1) is 7.91. The first-order valence-electron chi connectivity index (χ1n) is 4.13. The van der Waals surface area contributed by atoms with E-state index in [-0.39, 0.29) is 5.43 Å². The van der Waals surface area contributed by atoms with Gasteiger partial charge in [0.1, 0.15) is 0 Å². The molecule has 0 bridgehead atoms. The standard InChI is InChI=1S/C9H9N3O/c1-2-12-6-3-7(13)8-9(12)11-5-4-10-8/h3-6H,2H2,1H3. The van der Waals surface area contributed by atoms with Gasteiger partial charge in [-0.1, -0.05) is 0 Å². The van der Waals surface area contributed by atoms with Crippen LogP contribution in [-0.2, 0) is 6.54 Å². The lowest BCUT2D eigenvalue weighted by Crippen LogP contribution is -2.09. The van der Waals surface area contributed by atoms with Gasteiger partial charge < -0.3 is 4.57 Å². The molecule has 0 N–H and O–H groups in total. The largest absolute Gasteiger partial charge is 0.331 e. The molecule has 0 spiro atoms. The molecule has 66 valence electrons. The summed E-state index contributed by atoms with van der Waals surface area (Å²) in [7, 11) is 0. The van der Waals surface area contributed by atoms with Crippen molar-refractivity contribution in [1.29, 1.82) is 0 Å². The maximum atomic E-state index is 11.3. The lowest BCUT2D eigenvalue weighted by Gasteiger charge is -2.04. The van der Waals surface area contributed by atoms with Crippen molar-refractivity contribution >= 4 is 11.2 Å². The van der Waals surface area contributed by atoms with E-state index in [1.54, 1.807) is 12.4 Å². The highest BCUT2D eigenvalue weighted by molar-refractivity contribution is 5.68. The number of nitrogens with zero attached hydrogens (tertiary/aromatic N) is 3. The number of rotatable bonds is 1. The first-order chi connectivity index (χ1) is 6.33. The van der Waals surface area contributed by atoms with E-state index in [2.05, 4.69) is 9.97 Å². The second-order valence-corrected chi connectivity index (χ2v) is 2.69. The van der Waals surface area contributed by atoms with Crippen LogP contribution < -0.4 is 5.43 Å². The van der Waals surface area contributed by atoms with E-state index in [0.717, 1.165) is 6.54 Å². The van der Waals surface area contributed by atoms with Crippen LogP contribution >= 0.6 is 0 Å². The number of aryl methyl sites for hydroxylation is 1. The van der Waals surface area contributed by atoms with E-state index in [4.69, 9.17) is 0 Å². The van der Waals surface area contributed by atoms with Crippen LogP contribution in [0, 0.1) is 0 Å². The molecular weight excluding hydrogens is 166 g/mol. The van der Waals surface area contributed by atoms with Crippen LogP contribution in [0.3, 0.4) is 0 Å². The van der Waals surface area contributed by atoms with Gasteiger partial charge in [0.05, 0.1) is 0 Å². The quantitative estimate of drug-likeness (QED) is 0.644. The van der Waals surface area contributed by atoms with E-state index in [1.165, 1.54) is 12.3 Å². The minimum absolute atomic E-state index is 0.0761. The van der Waals surface area contributed by atoms with Crippen molar-refractivity contribution in [3.05, 3.63) is 34.9 Å². The van der Waals surface area contributed by atoms with Crippen LogP contribution in [0.5, 0.6) is 0 Å². The summed E-state index contributed by atoms with van der Waals surface area (Å²) in [6.45, 7) is 2.79. The molecule has 0 aliphatic carbocycles. The molecule has 0 radical (unpaired) electrons. The van der Waals surface area contributed by atoms with Crippen molar-refractivity contribution in [2.24, 2.45) is 0 Å². The van der Waals surface area contributed by atoms with Gasteiger partial charge in [-0.05, 0) is 6.92 Å². The summed E-state index contributed by atoms with van der Waals surface area (Å²) < 4.78 is 1.89. The lowest BCUT2D eigenvalue weighted by molar-refractivity contribution is 0.775. The van der Waals surface area contributed by atoms with Gasteiger partial charge in [-0.2, -0.15) is 0 Å². The zero-order chi connectivity index (χ0) is 9.26. The molecule has 2 aromatic heterocycles. The highest BCUT2D eigenvalue weighted by atomic mass is 16.1. The monoisotopic (exact) mass is 175 g/mol. The van der Waals surface area contributed by atoms with Crippen molar-refractivity contribution in [1.82, 2.24) is 14.5 Å². The number of hydrogen-bond donors (Lipinski definition) is 0. The zero-order valence-electron chi connectivity index (χ0n) is 7.27. The molecule has 4 heteroatoms. The second kappa shape index (κ2) is 2.97. The van der Waals surface area contributed by atoms with Gasteiger partial charge in [0, 0.05) is 31.2 Å². The average Bonchev–Trinajstić information content (AvgIpc) is 2.19. The highest BCUT2D eigenvalue weighted by Crippen LogP contribution is 2.01. The summed E-state index contributed by atoms with van der Waals surface area (Å²) in [5.41, 5.74) is 1.01. The Morgan fingerprint density at radius 2 is 2.15 bits per heavy atom. The number of hydrogen-bond acceptors (Lipinski definition) is 3. The summed E-state index contributed by atoms with van der Waals surface area (Å²) in [4.78, 5) is 19.4. The van der Waals surface area contributed by atoms with E-state index in [0.29, 0.717) is 11.2 Å². The minimum Gasteiger partial charge on any atom is -0.331 e. The molecule has 4 nitrogen and oxygen atoms in total. The molecule has 2 aromatic rings. The highest BCUT2D eigenvalue weighted by Gasteiger charge is 2.01. The molecule has 0 fully saturated rings. The molecule has 2 heterocycles. The Hall–Kier alpha value is -1.71. The Balaban J connectivity index is 2.93. The van der Waals surface area contributed by atoms with Gasteiger partial charge in [-0.3, -0.25) is 4.79 Å². The van der Waals surface area contributed by atoms with Crippen molar-refractivity contribution in [2.45, 2.75) is 13.5 Å². The van der Waals surface area contributed by atoms with Crippen LogP contribution in [0.15, 0.2) is 29.5 Å². The topological polar surface area (TPSA) is 47.8 Å². The summed E-state index contributed by atoms with van der Waals surface area (Å²) in [6, 6.07) is 1.51. The van der Waals surface area contributed by atoms with Crippen LogP contribution in [0.25, 0.3) is 11.2 Å². The smallest absolute Gasteiger partial charge is 0.209 e. The van der Waals surface area contributed by atoms with Crippen LogP contribution in [0.2, 0.25) is 0 Å². The minimum atomic E-state index is -0.0761. The molecule has 0 amide bonds. The number of fused-ring (bicyclic) bond motifs is 1. The predicted molar refractivity (Wildman–Crippen MR) is 49.5 cm³/mol. The third-order valence-electron chi connectivity index (χ3n) is 1.93. The summed E-state index contributed by atoms with van der Waals surface area (Å²) in [5.74, 6) is 0. The fourth-order valence-corrected chi connectivity index (χ4v) is 1.28. The molecule has 0 saturated carbocycles. The molecule has 0 aliphatic rings. The molecule has 0 aliphatic heterocycles. The van der Waals surface area contributed by atoms with Crippen LogP contribution in [0.1, 0.15) is 6.92 Å². The maximum Gasteiger partial charge on any atom is 0.209 e. The molecule has 0 aromatic carbocycles. The van der Waals surface area contributed by atoms with Crippen molar-refractivity contribution in [3.63, 3.8) is 0 Å². The van der Waals surface area contributed by atoms with Gasteiger partial charge in [0.25, 0.3) is 0 Å². The van der Waals surface area contributed by atoms with Crippen LogP contribution in [0.4, 0.5) is 0 Å². The van der Waals surface area contributed by atoms with E-state index < -0.39 is 0 Å². The lowest BCUT2D eigenvalue weighted by atomic mass is 10.4. The van der Waals surface area contributed by atoms with Gasteiger partial charge in [-0.15, -0.1) is 0 Å². The fourth-order valence-electron chi connectivity index (χ4n) is 1.28. The summed E-state index contributed by atoms with van der Waals surface area (Å²) >= 11 is 0. The predicted octanol–water partition coefficient (Wildman–Crippen LogP) is 0.811. The SMILES string of the molecule is CCn1ccc(=O)c2nccnc21. The van der Waals surface area contributed by atoms with Gasteiger partial charge in [-0.25, -0.2) is 9.97 Å². The van der Waals surface area contributed by atoms with E-state index in [9.17, 15) is 4.79 Å². The van der Waals surface area contributed by atoms with Gasteiger partial charge in [0.2, 0.25) is 5.43 Å². The average molecular weight is 175 g/mol. The van der Waals surface area contributed by atoms with E-state index >= 15 is 0 Å². The van der Waals surface area contributed by atoms with E-state index in [1.807, 2.05) is 11.5 Å².